The van der Waals surface area contributed by atoms with Crippen molar-refractivity contribution in [3.8, 4) is 0 Å². The second-order valence-corrected chi connectivity index (χ2v) is 6.22. The molecule has 8 nitrogen and oxygen atoms in total. The van der Waals surface area contributed by atoms with E-state index in [0.717, 1.165) is 15.5 Å². The fourth-order valence-corrected chi connectivity index (χ4v) is 3.24. The van der Waals surface area contributed by atoms with Crippen molar-refractivity contribution >= 4 is 29.4 Å². The van der Waals surface area contributed by atoms with Crippen molar-refractivity contribution in [2.24, 2.45) is 0 Å². The Morgan fingerprint density at radius 3 is 2.65 bits per heavy atom. The van der Waals surface area contributed by atoms with Crippen molar-refractivity contribution in [2.45, 2.75) is 32.7 Å². The topological polar surface area (TPSA) is 96.0 Å². The summed E-state index contributed by atoms with van der Waals surface area (Å²) in [5.41, 5.74) is 2.32. The van der Waals surface area contributed by atoms with Crippen molar-refractivity contribution in [1.82, 2.24) is 10.4 Å². The minimum atomic E-state index is -1.57. The Balaban J connectivity index is 2.04. The zero-order chi connectivity index (χ0) is 19.1. The van der Waals surface area contributed by atoms with E-state index in [9.17, 15) is 19.2 Å². The number of hydrazine groups is 1. The molecule has 1 saturated heterocycles. The van der Waals surface area contributed by atoms with Crippen LogP contribution in [0.3, 0.4) is 0 Å². The first-order valence-electron chi connectivity index (χ1n) is 8.21. The molecule has 1 aromatic carbocycles. The van der Waals surface area contributed by atoms with Gasteiger partial charge in [0.1, 0.15) is 5.70 Å². The molecule has 26 heavy (non-hydrogen) atoms. The lowest BCUT2D eigenvalue weighted by molar-refractivity contribution is -0.144. The van der Waals surface area contributed by atoms with E-state index >= 15 is 0 Å². The highest BCUT2D eigenvalue weighted by Crippen LogP contribution is 2.38. The van der Waals surface area contributed by atoms with Gasteiger partial charge in [-0.05, 0) is 37.6 Å². The number of aryl methyl sites for hydroxylation is 1. The van der Waals surface area contributed by atoms with E-state index in [-0.39, 0.29) is 18.7 Å². The first-order chi connectivity index (χ1) is 12.3. The number of imide groups is 1. The van der Waals surface area contributed by atoms with E-state index in [2.05, 4.69) is 5.43 Å². The van der Waals surface area contributed by atoms with Crippen molar-refractivity contribution in [1.29, 1.82) is 0 Å². The molecule has 0 aromatic heterocycles. The Kier molecular flexibility index (Phi) is 4.27. The van der Waals surface area contributed by atoms with Crippen molar-refractivity contribution in [3.05, 3.63) is 41.6 Å². The molecule has 2 heterocycles. The number of anilines is 1. The van der Waals surface area contributed by atoms with Crippen molar-refractivity contribution < 1.29 is 23.9 Å². The number of hydrogen-bond donors (Lipinski definition) is 1. The number of benzene rings is 1. The third kappa shape index (κ3) is 2.63. The number of ether oxygens (including phenoxy) is 1. The molecular weight excluding hydrogens is 338 g/mol. The lowest BCUT2D eigenvalue weighted by atomic mass is 9.96. The maximum Gasteiger partial charge on any atom is 0.355 e. The van der Waals surface area contributed by atoms with Crippen LogP contribution < -0.4 is 10.3 Å². The quantitative estimate of drug-likeness (QED) is 0.635. The van der Waals surface area contributed by atoms with Gasteiger partial charge >= 0.3 is 5.97 Å². The molecule has 8 heteroatoms. The Labute approximate surface area is 150 Å². The number of nitrogens with one attached hydrogen (secondary N) is 1. The number of carbonyl (C=O) groups is 4. The molecule has 1 spiro atoms. The molecule has 3 amide bonds. The summed E-state index contributed by atoms with van der Waals surface area (Å²) in [5.74, 6) is -2.22. The fraction of sp³-hybridized carbons (Fsp3) is 0.333. The van der Waals surface area contributed by atoms with Crippen LogP contribution in [-0.4, -0.2) is 40.8 Å². The fourth-order valence-electron chi connectivity index (χ4n) is 3.24. The number of carbonyl (C=O) groups excluding carboxylic acids is 4. The SMILES string of the molecule is CCOC(=O)C1=C[C@]2(CC(=O)N(c3cccc(C)c3)C2=O)N(C(C)=O)N1. The minimum absolute atomic E-state index is 0.0331. The number of rotatable bonds is 3. The summed E-state index contributed by atoms with van der Waals surface area (Å²) in [4.78, 5) is 51.0. The standard InChI is InChI=1S/C18H19N3O5/c1-4-26-16(24)14-9-18(21(19-14)12(3)22)10-15(23)20(17(18)25)13-7-5-6-11(2)8-13/h5-9,19H,4,10H2,1-3H3/t18-/m1/s1. The highest BCUT2D eigenvalue weighted by Gasteiger charge is 2.59. The first-order valence-corrected chi connectivity index (χ1v) is 8.21. The molecule has 1 aromatic rings. The average Bonchev–Trinajstić information content (AvgIpc) is 3.07. The third-order valence-corrected chi connectivity index (χ3v) is 4.33. The molecule has 136 valence electrons. The zero-order valence-electron chi connectivity index (χ0n) is 14.7. The second-order valence-electron chi connectivity index (χ2n) is 6.22. The smallest absolute Gasteiger partial charge is 0.355 e. The molecule has 0 unspecified atom stereocenters. The van der Waals surface area contributed by atoms with Crippen LogP contribution in [0.5, 0.6) is 0 Å². The third-order valence-electron chi connectivity index (χ3n) is 4.33. The highest BCUT2D eigenvalue weighted by atomic mass is 16.5. The summed E-state index contributed by atoms with van der Waals surface area (Å²) in [6.45, 7) is 4.90. The number of amides is 3. The van der Waals surface area contributed by atoms with Gasteiger partial charge in [0.15, 0.2) is 5.54 Å². The van der Waals surface area contributed by atoms with Gasteiger partial charge in [-0.25, -0.2) is 14.7 Å². The molecule has 0 radical (unpaired) electrons. The summed E-state index contributed by atoms with van der Waals surface area (Å²) < 4.78 is 4.93. The second kappa shape index (κ2) is 6.29. The Bertz CT molecular complexity index is 847. The normalized spacial score (nSPS) is 21.9. The number of esters is 1. The lowest BCUT2D eigenvalue weighted by Gasteiger charge is -2.30. The van der Waals surface area contributed by atoms with Crippen molar-refractivity contribution in [2.75, 3.05) is 11.5 Å². The predicted octanol–water partition coefficient (Wildman–Crippen LogP) is 0.811. The molecule has 2 aliphatic heterocycles. The van der Waals surface area contributed by atoms with Gasteiger partial charge in [0, 0.05) is 6.92 Å². The van der Waals surface area contributed by atoms with Crippen LogP contribution in [0, 0.1) is 6.92 Å². The van der Waals surface area contributed by atoms with Gasteiger partial charge in [-0.15, -0.1) is 0 Å². The molecule has 0 saturated carbocycles. The molecular formula is C18H19N3O5. The van der Waals surface area contributed by atoms with E-state index in [4.69, 9.17) is 4.74 Å². The lowest BCUT2D eigenvalue weighted by Crippen LogP contribution is -2.56. The van der Waals surface area contributed by atoms with E-state index < -0.39 is 29.2 Å². The number of nitrogens with zero attached hydrogens (tertiary/aromatic N) is 2. The molecule has 1 fully saturated rings. The molecule has 3 rings (SSSR count). The first kappa shape index (κ1) is 17.7. The van der Waals surface area contributed by atoms with Gasteiger partial charge in [0.25, 0.3) is 5.91 Å². The largest absolute Gasteiger partial charge is 0.461 e. The van der Waals surface area contributed by atoms with Crippen molar-refractivity contribution in [3.63, 3.8) is 0 Å². The molecule has 0 aliphatic carbocycles. The maximum atomic E-state index is 13.2. The summed E-state index contributed by atoms with van der Waals surface area (Å²) in [7, 11) is 0. The summed E-state index contributed by atoms with van der Waals surface area (Å²) in [6, 6.07) is 6.96. The summed E-state index contributed by atoms with van der Waals surface area (Å²) >= 11 is 0. The van der Waals surface area contributed by atoms with Crippen LogP contribution in [0.4, 0.5) is 5.69 Å². The van der Waals surface area contributed by atoms with Crippen LogP contribution in [0.25, 0.3) is 0 Å². The van der Waals surface area contributed by atoms with Gasteiger partial charge in [-0.2, -0.15) is 0 Å². The monoisotopic (exact) mass is 357 g/mol. The zero-order valence-corrected chi connectivity index (χ0v) is 14.7. The van der Waals surface area contributed by atoms with E-state index in [0.29, 0.717) is 5.69 Å². The predicted molar refractivity (Wildman–Crippen MR) is 91.4 cm³/mol. The molecule has 1 N–H and O–H groups in total. The molecule has 0 bridgehead atoms. The van der Waals surface area contributed by atoms with Crippen LogP contribution in [0.1, 0.15) is 25.8 Å². The van der Waals surface area contributed by atoms with Crippen LogP contribution in [0.15, 0.2) is 36.0 Å². The molecule has 1 atom stereocenters. The molecule has 2 aliphatic rings. The Morgan fingerprint density at radius 2 is 2.04 bits per heavy atom. The summed E-state index contributed by atoms with van der Waals surface area (Å²) in [5, 5.41) is 1.02. The van der Waals surface area contributed by atoms with Crippen LogP contribution >= 0.6 is 0 Å². The Morgan fingerprint density at radius 1 is 1.31 bits per heavy atom. The van der Waals surface area contributed by atoms with E-state index in [1.54, 1.807) is 25.1 Å². The van der Waals surface area contributed by atoms with Crippen LogP contribution in [0.2, 0.25) is 0 Å². The maximum absolute atomic E-state index is 13.2. The van der Waals surface area contributed by atoms with Crippen LogP contribution in [-0.2, 0) is 23.9 Å². The highest BCUT2D eigenvalue weighted by molar-refractivity contribution is 6.26. The Hall–Kier alpha value is -3.16. The van der Waals surface area contributed by atoms with E-state index in [1.165, 1.54) is 13.0 Å². The van der Waals surface area contributed by atoms with Gasteiger partial charge < -0.3 is 4.74 Å². The number of hydrogen-bond acceptors (Lipinski definition) is 6. The van der Waals surface area contributed by atoms with Gasteiger partial charge in [0.05, 0.1) is 18.7 Å². The summed E-state index contributed by atoms with van der Waals surface area (Å²) in [6.07, 6.45) is 1.05. The minimum Gasteiger partial charge on any atom is -0.461 e. The van der Waals surface area contributed by atoms with Gasteiger partial charge in [0.2, 0.25) is 11.8 Å². The van der Waals surface area contributed by atoms with Gasteiger partial charge in [-0.3, -0.25) is 19.8 Å². The average molecular weight is 357 g/mol. The van der Waals surface area contributed by atoms with E-state index in [1.807, 2.05) is 13.0 Å². The van der Waals surface area contributed by atoms with Gasteiger partial charge in [-0.1, -0.05) is 12.1 Å².